The average Bonchev–Trinajstić information content (AvgIpc) is 3.48. The minimum absolute atomic E-state index is 0.179. The molecular formula is C25H29F3N4O4S. The number of amides is 1. The molecule has 4 heterocycles. The molecule has 3 aliphatic heterocycles. The minimum Gasteiger partial charge on any atom is -0.487 e. The lowest BCUT2D eigenvalue weighted by Gasteiger charge is -2.50. The van der Waals surface area contributed by atoms with Crippen molar-refractivity contribution >= 4 is 23.4 Å². The fraction of sp³-hybridized carbons (Fsp3) is 0.600. The van der Waals surface area contributed by atoms with E-state index in [0.717, 1.165) is 34.8 Å². The highest BCUT2D eigenvalue weighted by Crippen LogP contribution is 2.45. The zero-order valence-corrected chi connectivity index (χ0v) is 21.5. The van der Waals surface area contributed by atoms with Crippen LogP contribution in [0.25, 0.3) is 0 Å². The number of aromatic nitrogens is 2. The van der Waals surface area contributed by atoms with Crippen LogP contribution in [0.15, 0.2) is 23.6 Å². The van der Waals surface area contributed by atoms with Gasteiger partial charge in [0.15, 0.2) is 5.69 Å². The Morgan fingerprint density at radius 1 is 1.19 bits per heavy atom. The van der Waals surface area contributed by atoms with Gasteiger partial charge in [0.05, 0.1) is 0 Å². The van der Waals surface area contributed by atoms with Gasteiger partial charge in [-0.2, -0.15) is 13.2 Å². The van der Waals surface area contributed by atoms with E-state index >= 15 is 0 Å². The Balaban J connectivity index is 1.32. The first-order valence-electron chi connectivity index (χ1n) is 12.3. The third-order valence-corrected chi connectivity index (χ3v) is 8.21. The second-order valence-corrected chi connectivity index (χ2v) is 11.4. The number of carbonyl (C=O) groups is 2. The molecule has 0 N–H and O–H groups in total. The second kappa shape index (κ2) is 9.54. The van der Waals surface area contributed by atoms with Crippen molar-refractivity contribution in [2.45, 2.75) is 64.0 Å². The van der Waals surface area contributed by atoms with Crippen LogP contribution in [0.4, 0.5) is 13.2 Å². The molecule has 0 saturated carbocycles. The van der Waals surface area contributed by atoms with Gasteiger partial charge in [-0.15, -0.1) is 5.10 Å². The fourth-order valence-corrected chi connectivity index (χ4v) is 6.18. The lowest BCUT2D eigenvalue weighted by atomic mass is 9.69. The first kappa shape index (κ1) is 25.9. The van der Waals surface area contributed by atoms with Crippen LogP contribution in [0, 0.1) is 5.41 Å². The van der Waals surface area contributed by atoms with Crippen molar-refractivity contribution in [3.05, 3.63) is 40.4 Å². The van der Waals surface area contributed by atoms with Crippen LogP contribution in [-0.4, -0.2) is 75.3 Å². The lowest BCUT2D eigenvalue weighted by Crippen LogP contribution is -2.57. The number of rotatable bonds is 4. The Bertz CT molecular complexity index is 1160. The highest BCUT2D eigenvalue weighted by Gasteiger charge is 2.51. The van der Waals surface area contributed by atoms with Crippen LogP contribution in [0.1, 0.15) is 54.7 Å². The summed E-state index contributed by atoms with van der Waals surface area (Å²) in [5.74, 6) is -1.58. The minimum atomic E-state index is -5.07. The van der Waals surface area contributed by atoms with E-state index in [0.29, 0.717) is 45.4 Å². The van der Waals surface area contributed by atoms with E-state index in [1.807, 2.05) is 36.9 Å². The molecule has 5 rings (SSSR count). The maximum absolute atomic E-state index is 13.2. The maximum atomic E-state index is 13.2. The van der Waals surface area contributed by atoms with E-state index in [2.05, 4.69) is 9.59 Å². The number of piperidine rings is 2. The number of hydrogen-bond donors (Lipinski definition) is 0. The summed E-state index contributed by atoms with van der Waals surface area (Å²) < 4.78 is 54.6. The Hall–Kier alpha value is -2.73. The number of ether oxygens (including phenoxy) is 2. The molecule has 1 amide bonds. The number of para-hydroxylation sites is 1. The molecule has 3 aliphatic rings. The summed E-state index contributed by atoms with van der Waals surface area (Å²) in [7, 11) is 0. The topological polar surface area (TPSA) is 84.9 Å². The van der Waals surface area contributed by atoms with E-state index in [9.17, 15) is 22.8 Å². The van der Waals surface area contributed by atoms with Gasteiger partial charge < -0.3 is 14.4 Å². The summed E-state index contributed by atoms with van der Waals surface area (Å²) in [5, 5.41) is 5.40. The molecule has 1 atom stereocenters. The average molecular weight is 539 g/mol. The van der Waals surface area contributed by atoms with Gasteiger partial charge in [-0.25, -0.2) is 4.79 Å². The highest BCUT2D eigenvalue weighted by molar-refractivity contribution is 7.03. The van der Waals surface area contributed by atoms with Gasteiger partial charge in [0.2, 0.25) is 0 Å². The Kier molecular flexibility index (Phi) is 6.68. The smallest absolute Gasteiger partial charge is 0.487 e. The normalized spacial score (nSPS) is 22.9. The molecule has 2 saturated heterocycles. The van der Waals surface area contributed by atoms with Gasteiger partial charge in [-0.05, 0) is 56.8 Å². The summed E-state index contributed by atoms with van der Waals surface area (Å²) >= 11 is 1.08. The van der Waals surface area contributed by atoms with Crippen molar-refractivity contribution in [2.24, 2.45) is 5.41 Å². The molecule has 1 aromatic heterocycles. The van der Waals surface area contributed by atoms with E-state index < -0.39 is 23.7 Å². The van der Waals surface area contributed by atoms with Crippen molar-refractivity contribution in [2.75, 3.05) is 26.2 Å². The molecule has 12 heteroatoms. The molecule has 37 heavy (non-hydrogen) atoms. The molecule has 8 nitrogen and oxygen atoms in total. The summed E-state index contributed by atoms with van der Waals surface area (Å²) in [5.41, 5.74) is 1.40. The van der Waals surface area contributed by atoms with Crippen LogP contribution in [0.2, 0.25) is 0 Å². The van der Waals surface area contributed by atoms with Crippen LogP contribution >= 0.6 is 11.5 Å². The number of esters is 1. The molecule has 1 aromatic carbocycles. The molecule has 0 aliphatic carbocycles. The molecular weight excluding hydrogens is 509 g/mol. The largest absolute Gasteiger partial charge is 0.490 e. The molecule has 200 valence electrons. The van der Waals surface area contributed by atoms with Gasteiger partial charge in [0, 0.05) is 49.0 Å². The van der Waals surface area contributed by atoms with Crippen LogP contribution in [0.5, 0.6) is 5.75 Å². The Morgan fingerprint density at radius 2 is 1.92 bits per heavy atom. The number of benzene rings is 1. The Morgan fingerprint density at radius 3 is 2.59 bits per heavy atom. The Labute approximate surface area is 216 Å². The van der Waals surface area contributed by atoms with E-state index in [1.54, 1.807) is 10.3 Å². The van der Waals surface area contributed by atoms with Crippen molar-refractivity contribution in [1.29, 1.82) is 0 Å². The van der Waals surface area contributed by atoms with Crippen molar-refractivity contribution in [3.8, 4) is 5.75 Å². The quantitative estimate of drug-likeness (QED) is 0.547. The number of nitrogens with zero attached hydrogens (tertiary/aromatic N) is 4. The first-order valence-corrected chi connectivity index (χ1v) is 13.2. The number of carbonyl (C=O) groups excluding carboxylic acids is 2. The number of likely N-dealkylation sites (tertiary alicyclic amines) is 2. The fourth-order valence-electron chi connectivity index (χ4n) is 5.75. The SMILES string of the molecule is CC1(C)Cc2cccc(CN3CCC4(CCN(C(=O)c5csnn5)CC4)C(OC(=O)C(F)(F)F)C3)c2O1. The molecule has 2 fully saturated rings. The van der Waals surface area contributed by atoms with E-state index in [4.69, 9.17) is 9.47 Å². The van der Waals surface area contributed by atoms with Crippen molar-refractivity contribution < 1.29 is 32.2 Å². The number of hydrogen-bond acceptors (Lipinski definition) is 8. The monoisotopic (exact) mass is 538 g/mol. The molecule has 1 unspecified atom stereocenters. The van der Waals surface area contributed by atoms with Crippen molar-refractivity contribution in [1.82, 2.24) is 19.4 Å². The number of alkyl halides is 3. The van der Waals surface area contributed by atoms with E-state index in [-0.39, 0.29) is 23.7 Å². The number of halogens is 3. The molecule has 1 spiro atoms. The summed E-state index contributed by atoms with van der Waals surface area (Å²) in [6.07, 6.45) is -3.78. The third kappa shape index (κ3) is 5.31. The van der Waals surface area contributed by atoms with Gasteiger partial charge in [0.1, 0.15) is 17.5 Å². The second-order valence-electron chi connectivity index (χ2n) is 10.8. The van der Waals surface area contributed by atoms with Crippen LogP contribution in [-0.2, 0) is 22.5 Å². The zero-order chi connectivity index (χ0) is 26.4. The van der Waals surface area contributed by atoms with Gasteiger partial charge in [-0.3, -0.25) is 9.69 Å². The summed E-state index contributed by atoms with van der Waals surface area (Å²) in [4.78, 5) is 28.3. The standard InChI is InChI=1S/C25H29F3N4O4S/c1-23(2)12-16-4-3-5-17(20(16)36-23)13-31-9-6-24(19(14-31)35-22(34)25(26,27)28)7-10-32(11-8-24)21(33)18-15-37-30-29-18/h3-5,15,19H,6-14H2,1-2H3. The van der Waals surface area contributed by atoms with Crippen LogP contribution in [0.3, 0.4) is 0 Å². The molecule has 2 aromatic rings. The first-order chi connectivity index (χ1) is 17.5. The van der Waals surface area contributed by atoms with E-state index in [1.165, 1.54) is 0 Å². The molecule has 0 bridgehead atoms. The lowest BCUT2D eigenvalue weighted by molar-refractivity contribution is -0.216. The molecule has 0 radical (unpaired) electrons. The highest BCUT2D eigenvalue weighted by atomic mass is 32.1. The van der Waals surface area contributed by atoms with Crippen molar-refractivity contribution in [3.63, 3.8) is 0 Å². The van der Waals surface area contributed by atoms with Gasteiger partial charge >= 0.3 is 12.1 Å². The maximum Gasteiger partial charge on any atom is 0.490 e. The predicted molar refractivity (Wildman–Crippen MR) is 128 cm³/mol. The van der Waals surface area contributed by atoms with Gasteiger partial charge in [-0.1, -0.05) is 22.7 Å². The number of fused-ring (bicyclic) bond motifs is 1. The van der Waals surface area contributed by atoms with Crippen LogP contribution < -0.4 is 4.74 Å². The predicted octanol–water partition coefficient (Wildman–Crippen LogP) is 3.85. The zero-order valence-electron chi connectivity index (χ0n) is 20.7. The van der Waals surface area contributed by atoms with Gasteiger partial charge in [0.25, 0.3) is 5.91 Å². The third-order valence-electron chi connectivity index (χ3n) is 7.71. The summed E-state index contributed by atoms with van der Waals surface area (Å²) in [6, 6.07) is 5.97. The summed E-state index contributed by atoms with van der Waals surface area (Å²) in [6.45, 7) is 6.05.